The summed E-state index contributed by atoms with van der Waals surface area (Å²) in [5.74, 6) is 0.141. The van der Waals surface area contributed by atoms with Crippen LogP contribution < -0.4 is 29.3 Å². The number of aromatic nitrogens is 1. The number of ether oxygens (including phenoxy) is 3. The molecule has 0 N–H and O–H groups in total. The SMILES string of the molecule is CCCC1=C(C(=O)OCC)[C@H](c2cc(OC)ccc2OC)n2c(s/c(=C3/C(=O)N(Cc4ccccc4)c4ccc(Br)cc43)c2=O)=N1. The number of hydrogen-bond acceptors (Lipinski definition) is 8. The van der Waals surface area contributed by atoms with Gasteiger partial charge in [-0.2, -0.15) is 0 Å². The topological polar surface area (TPSA) is 99.4 Å². The molecule has 0 saturated heterocycles. The van der Waals surface area contributed by atoms with Crippen molar-refractivity contribution >= 4 is 50.4 Å². The number of thiazole rings is 1. The molecule has 1 aromatic heterocycles. The summed E-state index contributed by atoms with van der Waals surface area (Å²) in [6.45, 7) is 4.22. The van der Waals surface area contributed by atoms with Crippen LogP contribution in [0.1, 0.15) is 49.4 Å². The Labute approximate surface area is 278 Å². The third kappa shape index (κ3) is 5.47. The summed E-state index contributed by atoms with van der Waals surface area (Å²) < 4.78 is 19.3. The van der Waals surface area contributed by atoms with Gasteiger partial charge in [0, 0.05) is 15.6 Å². The Hall–Kier alpha value is -4.48. The summed E-state index contributed by atoms with van der Waals surface area (Å²) in [4.78, 5) is 49.6. The smallest absolute Gasteiger partial charge is 0.338 e. The summed E-state index contributed by atoms with van der Waals surface area (Å²) in [5.41, 5.74) is 3.50. The number of hydrogen-bond donors (Lipinski definition) is 0. The van der Waals surface area contributed by atoms with Gasteiger partial charge in [0.05, 0.1) is 49.9 Å². The first-order valence-electron chi connectivity index (χ1n) is 14.9. The lowest BCUT2D eigenvalue weighted by molar-refractivity contribution is -0.139. The van der Waals surface area contributed by atoms with Crippen LogP contribution in [0.15, 0.2) is 92.3 Å². The quantitative estimate of drug-likeness (QED) is 0.221. The molecule has 0 spiro atoms. The van der Waals surface area contributed by atoms with Crippen molar-refractivity contribution < 1.29 is 23.8 Å². The predicted octanol–water partition coefficient (Wildman–Crippen LogP) is 5.28. The average molecular weight is 703 g/mol. The summed E-state index contributed by atoms with van der Waals surface area (Å²) in [7, 11) is 3.08. The van der Waals surface area contributed by atoms with Crippen molar-refractivity contribution in [3.05, 3.63) is 119 Å². The summed E-state index contributed by atoms with van der Waals surface area (Å²) in [5, 5.41) is 0. The van der Waals surface area contributed by atoms with E-state index in [9.17, 15) is 14.4 Å². The molecule has 3 heterocycles. The van der Waals surface area contributed by atoms with E-state index >= 15 is 0 Å². The minimum absolute atomic E-state index is 0.148. The number of benzene rings is 3. The third-order valence-corrected chi connectivity index (χ3v) is 9.53. The molecule has 3 aromatic carbocycles. The van der Waals surface area contributed by atoms with Crippen LogP contribution in [0.3, 0.4) is 0 Å². The van der Waals surface area contributed by atoms with Gasteiger partial charge in [0.15, 0.2) is 4.80 Å². The summed E-state index contributed by atoms with van der Waals surface area (Å²) in [6.07, 6.45) is 1.19. The maximum absolute atomic E-state index is 14.7. The zero-order valence-corrected chi connectivity index (χ0v) is 28.2. The highest BCUT2D eigenvalue weighted by Crippen LogP contribution is 2.40. The minimum Gasteiger partial charge on any atom is -0.497 e. The molecule has 0 fully saturated rings. The molecule has 0 aliphatic carbocycles. The molecule has 2 aliphatic heterocycles. The van der Waals surface area contributed by atoms with Crippen molar-refractivity contribution in [2.24, 2.45) is 4.99 Å². The Balaban J connectivity index is 1.66. The minimum atomic E-state index is -0.935. The number of anilines is 1. The van der Waals surface area contributed by atoms with Gasteiger partial charge in [-0.05, 0) is 55.3 Å². The van der Waals surface area contributed by atoms with Gasteiger partial charge in [0.2, 0.25) is 0 Å². The molecular weight excluding hydrogens is 670 g/mol. The number of halogens is 1. The Morgan fingerprint density at radius 3 is 2.48 bits per heavy atom. The van der Waals surface area contributed by atoms with E-state index in [1.165, 1.54) is 11.7 Å². The zero-order valence-electron chi connectivity index (χ0n) is 25.8. The fourth-order valence-electron chi connectivity index (χ4n) is 5.96. The molecule has 2 aliphatic rings. The van der Waals surface area contributed by atoms with Crippen LogP contribution in [0.4, 0.5) is 5.69 Å². The van der Waals surface area contributed by atoms with Crippen molar-refractivity contribution in [2.75, 3.05) is 25.7 Å². The molecule has 236 valence electrons. The molecule has 0 bridgehead atoms. The van der Waals surface area contributed by atoms with E-state index in [1.54, 1.807) is 37.1 Å². The Morgan fingerprint density at radius 1 is 1.00 bits per heavy atom. The average Bonchev–Trinajstić information content (AvgIpc) is 3.52. The first-order chi connectivity index (χ1) is 22.3. The van der Waals surface area contributed by atoms with E-state index in [-0.39, 0.29) is 22.6 Å². The fraction of sp³-hybridized carbons (Fsp3) is 0.257. The van der Waals surface area contributed by atoms with Crippen LogP contribution in [0, 0.1) is 0 Å². The van der Waals surface area contributed by atoms with Crippen LogP contribution in [0.2, 0.25) is 0 Å². The van der Waals surface area contributed by atoms with E-state index in [4.69, 9.17) is 19.2 Å². The number of carbonyl (C=O) groups is 2. The molecule has 0 unspecified atom stereocenters. The Kier molecular flexibility index (Phi) is 8.97. The largest absolute Gasteiger partial charge is 0.497 e. The highest BCUT2D eigenvalue weighted by Gasteiger charge is 2.39. The molecular formula is C35H32BrN3O6S. The highest BCUT2D eigenvalue weighted by molar-refractivity contribution is 9.10. The van der Waals surface area contributed by atoms with E-state index in [0.717, 1.165) is 21.4 Å². The van der Waals surface area contributed by atoms with Crippen LogP contribution in [0.5, 0.6) is 11.5 Å². The second kappa shape index (κ2) is 13.1. The number of allylic oxidation sites excluding steroid dienone is 1. The van der Waals surface area contributed by atoms with Gasteiger partial charge in [0.1, 0.15) is 22.1 Å². The third-order valence-electron chi connectivity index (χ3n) is 7.99. The number of carbonyl (C=O) groups excluding carboxylic acids is 2. The first-order valence-corrected chi connectivity index (χ1v) is 16.5. The van der Waals surface area contributed by atoms with Gasteiger partial charge in [-0.1, -0.05) is 70.9 Å². The molecule has 6 rings (SSSR count). The Bertz CT molecular complexity index is 2070. The second-order valence-corrected chi connectivity index (χ2v) is 12.6. The molecule has 1 amide bonds. The zero-order chi connectivity index (χ0) is 32.5. The fourth-order valence-corrected chi connectivity index (χ4v) is 7.44. The predicted molar refractivity (Wildman–Crippen MR) is 180 cm³/mol. The summed E-state index contributed by atoms with van der Waals surface area (Å²) in [6, 6.07) is 19.7. The highest BCUT2D eigenvalue weighted by atomic mass is 79.9. The number of amides is 1. The lowest BCUT2D eigenvalue weighted by Gasteiger charge is -2.27. The molecule has 46 heavy (non-hydrogen) atoms. The van der Waals surface area contributed by atoms with Gasteiger partial charge in [-0.25, -0.2) is 9.79 Å². The van der Waals surface area contributed by atoms with Crippen LogP contribution >= 0.6 is 27.3 Å². The van der Waals surface area contributed by atoms with E-state index in [2.05, 4.69) is 15.9 Å². The maximum atomic E-state index is 14.7. The van der Waals surface area contributed by atoms with Gasteiger partial charge >= 0.3 is 5.97 Å². The number of nitrogens with zero attached hydrogens (tertiary/aromatic N) is 3. The number of methoxy groups -OCH3 is 2. The van der Waals surface area contributed by atoms with Crippen molar-refractivity contribution in [1.82, 2.24) is 4.57 Å². The molecule has 0 radical (unpaired) electrons. The van der Waals surface area contributed by atoms with Gasteiger partial charge in [0.25, 0.3) is 11.5 Å². The molecule has 9 nitrogen and oxygen atoms in total. The second-order valence-electron chi connectivity index (χ2n) is 10.8. The molecule has 11 heteroatoms. The van der Waals surface area contributed by atoms with Crippen LogP contribution in [-0.4, -0.2) is 37.3 Å². The van der Waals surface area contributed by atoms with Crippen molar-refractivity contribution in [3.8, 4) is 11.5 Å². The lowest BCUT2D eigenvalue weighted by atomic mass is 9.93. The van der Waals surface area contributed by atoms with Gasteiger partial charge in [-0.15, -0.1) is 0 Å². The van der Waals surface area contributed by atoms with Crippen molar-refractivity contribution in [3.63, 3.8) is 0 Å². The normalized spacial score (nSPS) is 16.6. The van der Waals surface area contributed by atoms with Gasteiger partial charge < -0.3 is 19.1 Å². The summed E-state index contributed by atoms with van der Waals surface area (Å²) >= 11 is 4.70. The first kappa shape index (κ1) is 31.5. The molecule has 1 atom stereocenters. The molecule has 4 aromatic rings. The number of fused-ring (bicyclic) bond motifs is 2. The maximum Gasteiger partial charge on any atom is 0.338 e. The van der Waals surface area contributed by atoms with E-state index < -0.39 is 17.6 Å². The Morgan fingerprint density at radius 2 is 1.78 bits per heavy atom. The van der Waals surface area contributed by atoms with E-state index in [0.29, 0.717) is 63.8 Å². The lowest BCUT2D eigenvalue weighted by Crippen LogP contribution is -2.41. The standard InChI is InChI=1S/C35H32BrN3O6S/c1-5-10-25-29(34(42)45-6-2)30(24-18-22(43-3)14-16-27(24)44-4)39-33(41)31(46-35(39)37-25)28-23-17-21(36)13-15-26(23)38(32(28)40)19-20-11-8-7-9-12-20/h7-9,11-18,30H,5-6,10,19H2,1-4H3/b31-28+/t30-/m0/s1. The van der Waals surface area contributed by atoms with E-state index in [1.807, 2.05) is 55.5 Å². The van der Waals surface area contributed by atoms with Crippen molar-refractivity contribution in [2.45, 2.75) is 39.3 Å². The van der Waals surface area contributed by atoms with Gasteiger partial charge in [-0.3, -0.25) is 14.2 Å². The van der Waals surface area contributed by atoms with Crippen molar-refractivity contribution in [1.29, 1.82) is 0 Å². The molecule has 0 saturated carbocycles. The van der Waals surface area contributed by atoms with Crippen LogP contribution in [-0.2, 0) is 20.9 Å². The number of esters is 1. The number of rotatable bonds is 9. The monoisotopic (exact) mass is 701 g/mol. The van der Waals surface area contributed by atoms with Crippen LogP contribution in [0.25, 0.3) is 5.57 Å².